The van der Waals surface area contributed by atoms with Crippen molar-refractivity contribution in [2.75, 3.05) is 30.6 Å². The monoisotopic (exact) mass is 420 g/mol. The van der Waals surface area contributed by atoms with E-state index in [1.807, 2.05) is 6.07 Å². The molecule has 1 fully saturated rings. The molecule has 3 aromatic carbocycles. The molecule has 4 rings (SSSR count). The van der Waals surface area contributed by atoms with Gasteiger partial charge in [-0.1, -0.05) is 36.4 Å². The number of carbonyl (C=O) groups excluding carboxylic acids is 2. The number of amides is 2. The van der Waals surface area contributed by atoms with E-state index in [0.717, 1.165) is 0 Å². The van der Waals surface area contributed by atoms with E-state index in [0.29, 0.717) is 22.9 Å². The van der Waals surface area contributed by atoms with Crippen molar-refractivity contribution in [2.45, 2.75) is 6.04 Å². The summed E-state index contributed by atoms with van der Waals surface area (Å²) in [5.74, 6) is -0.402. The molecule has 1 atom stereocenters. The van der Waals surface area contributed by atoms with Gasteiger partial charge in [0.25, 0.3) is 5.91 Å². The van der Waals surface area contributed by atoms with E-state index < -0.39 is 17.8 Å². The van der Waals surface area contributed by atoms with Crippen LogP contribution in [0.5, 0.6) is 11.5 Å². The van der Waals surface area contributed by atoms with Gasteiger partial charge in [-0.05, 0) is 30.3 Å². The third-order valence-corrected chi connectivity index (χ3v) is 5.23. The Morgan fingerprint density at radius 2 is 1.61 bits per heavy atom. The molecule has 0 unspecified atom stereocenters. The fourth-order valence-corrected chi connectivity index (χ4v) is 3.75. The molecule has 0 saturated carbocycles. The molecule has 0 radical (unpaired) electrons. The molecule has 6 nitrogen and oxygen atoms in total. The molecule has 3 aromatic rings. The van der Waals surface area contributed by atoms with Gasteiger partial charge in [0.05, 0.1) is 19.9 Å². The number of rotatable bonds is 5. The molecule has 0 N–H and O–H groups in total. The maximum atomic E-state index is 14.8. The molecule has 0 aliphatic carbocycles. The second kappa shape index (κ2) is 8.47. The smallest absolute Gasteiger partial charge is 0.255 e. The lowest BCUT2D eigenvalue weighted by molar-refractivity contribution is -0.128. The lowest BCUT2D eigenvalue weighted by Gasteiger charge is -2.40. The van der Waals surface area contributed by atoms with Gasteiger partial charge in [-0.3, -0.25) is 19.4 Å². The number of hydrogen-bond acceptors (Lipinski definition) is 4. The van der Waals surface area contributed by atoms with E-state index in [-0.39, 0.29) is 18.0 Å². The Kier molecular flexibility index (Phi) is 5.58. The van der Waals surface area contributed by atoms with Crippen molar-refractivity contribution in [3.05, 3.63) is 84.2 Å². The average Bonchev–Trinajstić information content (AvgIpc) is 2.80. The number of ether oxygens (including phenoxy) is 2. The van der Waals surface area contributed by atoms with Gasteiger partial charge in [-0.15, -0.1) is 0 Å². The summed E-state index contributed by atoms with van der Waals surface area (Å²) in [5, 5.41) is 0. The van der Waals surface area contributed by atoms with Crippen molar-refractivity contribution in [3.63, 3.8) is 0 Å². The summed E-state index contributed by atoms with van der Waals surface area (Å²) >= 11 is 0. The summed E-state index contributed by atoms with van der Waals surface area (Å²) in [6.07, 6.45) is 0. The zero-order chi connectivity index (χ0) is 22.0. The topological polar surface area (TPSA) is 59.1 Å². The summed E-state index contributed by atoms with van der Waals surface area (Å²) in [6.45, 7) is -0.207. The summed E-state index contributed by atoms with van der Waals surface area (Å²) in [7, 11) is 3.00. The van der Waals surface area contributed by atoms with Gasteiger partial charge in [-0.2, -0.15) is 0 Å². The van der Waals surface area contributed by atoms with Crippen molar-refractivity contribution in [1.29, 1.82) is 0 Å². The number of piperazine rings is 1. The Balaban J connectivity index is 1.84. The van der Waals surface area contributed by atoms with Gasteiger partial charge in [0.2, 0.25) is 5.91 Å². The largest absolute Gasteiger partial charge is 0.497 e. The highest BCUT2D eigenvalue weighted by molar-refractivity contribution is 6.15. The molecular weight excluding hydrogens is 399 g/mol. The van der Waals surface area contributed by atoms with Crippen LogP contribution in [0.25, 0.3) is 0 Å². The van der Waals surface area contributed by atoms with Gasteiger partial charge < -0.3 is 9.47 Å². The van der Waals surface area contributed by atoms with Crippen LogP contribution in [-0.2, 0) is 9.59 Å². The summed E-state index contributed by atoms with van der Waals surface area (Å²) < 4.78 is 25.4. The minimum absolute atomic E-state index is 0.127. The number of hydrogen-bond donors (Lipinski definition) is 0. The van der Waals surface area contributed by atoms with E-state index in [4.69, 9.17) is 9.47 Å². The van der Waals surface area contributed by atoms with Crippen molar-refractivity contribution < 1.29 is 23.5 Å². The maximum absolute atomic E-state index is 14.8. The van der Waals surface area contributed by atoms with Crippen LogP contribution in [0.15, 0.2) is 72.8 Å². The number of nitrogens with zero attached hydrogens (tertiary/aromatic N) is 2. The molecule has 1 aliphatic rings. The van der Waals surface area contributed by atoms with Crippen LogP contribution in [0.1, 0.15) is 11.6 Å². The lowest BCUT2D eigenvalue weighted by Crippen LogP contribution is -2.56. The Morgan fingerprint density at radius 1 is 0.903 bits per heavy atom. The summed E-state index contributed by atoms with van der Waals surface area (Å²) in [5.41, 5.74) is 1.06. The predicted molar refractivity (Wildman–Crippen MR) is 115 cm³/mol. The fourth-order valence-electron chi connectivity index (χ4n) is 3.75. The number of benzene rings is 3. The molecule has 1 aliphatic heterocycles. The van der Waals surface area contributed by atoms with Crippen molar-refractivity contribution >= 4 is 23.2 Å². The molecule has 0 bridgehead atoms. The first kappa shape index (κ1) is 20.4. The highest BCUT2D eigenvalue weighted by Gasteiger charge is 2.43. The van der Waals surface area contributed by atoms with Gasteiger partial charge in [-0.25, -0.2) is 4.39 Å². The quantitative estimate of drug-likeness (QED) is 0.627. The highest BCUT2D eigenvalue weighted by Crippen LogP contribution is 2.39. The summed E-state index contributed by atoms with van der Waals surface area (Å²) in [6, 6.07) is 18.6. The molecule has 2 amide bonds. The summed E-state index contributed by atoms with van der Waals surface area (Å²) in [4.78, 5) is 29.7. The molecule has 158 valence electrons. The Morgan fingerprint density at radius 3 is 2.29 bits per heavy atom. The van der Waals surface area contributed by atoms with E-state index in [2.05, 4.69) is 0 Å². The van der Waals surface area contributed by atoms with Crippen LogP contribution in [-0.4, -0.2) is 32.6 Å². The van der Waals surface area contributed by atoms with Crippen molar-refractivity contribution in [2.24, 2.45) is 0 Å². The first-order valence-electron chi connectivity index (χ1n) is 9.70. The fraction of sp³-hybridized carbons (Fsp3) is 0.167. The molecule has 31 heavy (non-hydrogen) atoms. The molecule has 7 heteroatoms. The Hall–Kier alpha value is -3.87. The standard InChI is InChI=1S/C24H21FN2O4/c1-30-17-12-13-20(21(14-17)31-2)26-15-22(28)27(16-8-4-3-5-9-16)23(24(26)29)18-10-6-7-11-19(18)25/h3-14,23H,15H2,1-2H3/t23-/m1/s1. The van der Waals surface area contributed by atoms with Crippen LogP contribution in [0.2, 0.25) is 0 Å². The van der Waals surface area contributed by atoms with Crippen LogP contribution < -0.4 is 19.3 Å². The van der Waals surface area contributed by atoms with E-state index in [9.17, 15) is 14.0 Å². The molecular formula is C24H21FN2O4. The third-order valence-electron chi connectivity index (χ3n) is 5.23. The minimum atomic E-state index is -1.16. The average molecular weight is 420 g/mol. The highest BCUT2D eigenvalue weighted by atomic mass is 19.1. The first-order valence-corrected chi connectivity index (χ1v) is 9.70. The molecule has 0 aromatic heterocycles. The number of para-hydroxylation sites is 1. The van der Waals surface area contributed by atoms with Crippen molar-refractivity contribution in [1.82, 2.24) is 0 Å². The minimum Gasteiger partial charge on any atom is -0.497 e. The molecule has 1 saturated heterocycles. The second-order valence-electron chi connectivity index (χ2n) is 6.99. The Bertz CT molecular complexity index is 1120. The maximum Gasteiger partial charge on any atom is 0.255 e. The zero-order valence-electron chi connectivity index (χ0n) is 17.1. The van der Waals surface area contributed by atoms with Crippen LogP contribution in [0.4, 0.5) is 15.8 Å². The van der Waals surface area contributed by atoms with E-state index in [1.165, 1.54) is 36.2 Å². The van der Waals surface area contributed by atoms with Crippen LogP contribution >= 0.6 is 0 Å². The number of anilines is 2. The zero-order valence-corrected chi connectivity index (χ0v) is 17.1. The third kappa shape index (κ3) is 3.70. The van der Waals surface area contributed by atoms with Crippen LogP contribution in [0.3, 0.4) is 0 Å². The Labute approximate surface area is 179 Å². The van der Waals surface area contributed by atoms with E-state index in [1.54, 1.807) is 54.6 Å². The number of methoxy groups -OCH3 is 2. The number of carbonyl (C=O) groups is 2. The molecule has 1 heterocycles. The molecule has 0 spiro atoms. The predicted octanol–water partition coefficient (Wildman–Crippen LogP) is 3.96. The van der Waals surface area contributed by atoms with Gasteiger partial charge in [0, 0.05) is 17.3 Å². The number of halogens is 1. The van der Waals surface area contributed by atoms with Gasteiger partial charge >= 0.3 is 0 Å². The lowest BCUT2D eigenvalue weighted by atomic mass is 9.98. The van der Waals surface area contributed by atoms with Gasteiger partial charge in [0.15, 0.2) is 0 Å². The van der Waals surface area contributed by atoms with Crippen molar-refractivity contribution in [3.8, 4) is 11.5 Å². The van der Waals surface area contributed by atoms with Crippen LogP contribution in [0, 0.1) is 5.82 Å². The van der Waals surface area contributed by atoms with E-state index >= 15 is 0 Å². The SMILES string of the molecule is COc1ccc(N2CC(=O)N(c3ccccc3)[C@H](c3ccccc3F)C2=O)c(OC)c1. The normalized spacial score (nSPS) is 16.4. The first-order chi connectivity index (χ1) is 15.0. The second-order valence-corrected chi connectivity index (χ2v) is 6.99. The van der Waals surface area contributed by atoms with Gasteiger partial charge in [0.1, 0.15) is 29.9 Å².